The van der Waals surface area contributed by atoms with Gasteiger partial charge in [-0.1, -0.05) is 12.1 Å². The molecule has 0 radical (unpaired) electrons. The molecule has 0 bridgehead atoms. The highest BCUT2D eigenvalue weighted by atomic mass is 19.1. The van der Waals surface area contributed by atoms with Crippen LogP contribution >= 0.6 is 0 Å². The summed E-state index contributed by atoms with van der Waals surface area (Å²) < 4.78 is 20.2. The Hall–Kier alpha value is -2.93. The van der Waals surface area contributed by atoms with Crippen molar-refractivity contribution in [1.29, 1.82) is 0 Å². The summed E-state index contributed by atoms with van der Waals surface area (Å²) >= 11 is 0. The van der Waals surface area contributed by atoms with Crippen molar-refractivity contribution >= 4 is 10.9 Å². The number of aromatic nitrogens is 2. The largest absolute Gasteiger partial charge is 0.496 e. The van der Waals surface area contributed by atoms with Gasteiger partial charge >= 0.3 is 5.69 Å². The minimum absolute atomic E-state index is 0.234. The number of ether oxygens (including phenoxy) is 1. The van der Waals surface area contributed by atoms with Crippen LogP contribution in [0.3, 0.4) is 0 Å². The van der Waals surface area contributed by atoms with E-state index in [2.05, 4.69) is 16.4 Å². The van der Waals surface area contributed by atoms with E-state index in [1.54, 1.807) is 7.11 Å². The lowest BCUT2D eigenvalue weighted by molar-refractivity contribution is 0.337. The number of hydrogen-bond acceptors (Lipinski definition) is 4. The van der Waals surface area contributed by atoms with E-state index >= 15 is 0 Å². The first-order chi connectivity index (χ1) is 14.6. The van der Waals surface area contributed by atoms with Crippen molar-refractivity contribution < 1.29 is 9.13 Å². The maximum absolute atomic E-state index is 13.4. The van der Waals surface area contributed by atoms with Crippen molar-refractivity contribution in [3.8, 4) is 5.75 Å². The highest BCUT2D eigenvalue weighted by molar-refractivity contribution is 5.77. The van der Waals surface area contributed by atoms with Crippen molar-refractivity contribution in [2.45, 2.75) is 37.8 Å². The van der Waals surface area contributed by atoms with E-state index in [9.17, 15) is 14.0 Å². The van der Waals surface area contributed by atoms with Crippen LogP contribution in [0.5, 0.6) is 5.75 Å². The van der Waals surface area contributed by atoms with Crippen LogP contribution in [0, 0.1) is 11.7 Å². The Balaban J connectivity index is 1.38. The van der Waals surface area contributed by atoms with E-state index < -0.39 is 11.5 Å². The molecule has 30 heavy (non-hydrogen) atoms. The smallest absolute Gasteiger partial charge is 0.328 e. The Labute approximate surface area is 172 Å². The molecular formula is C23H24FN3O3. The third kappa shape index (κ3) is 3.04. The maximum Gasteiger partial charge on any atom is 0.328 e. The molecule has 2 aliphatic rings. The summed E-state index contributed by atoms with van der Waals surface area (Å²) in [7, 11) is 1.71. The summed E-state index contributed by atoms with van der Waals surface area (Å²) in [5.41, 5.74) is 2.02. The highest BCUT2D eigenvalue weighted by Gasteiger charge is 2.40. The summed E-state index contributed by atoms with van der Waals surface area (Å²) in [6.07, 6.45) is 2.72. The fraction of sp³-hybridized carbons (Fsp3) is 0.391. The molecule has 7 heteroatoms. The Morgan fingerprint density at radius 3 is 2.93 bits per heavy atom. The summed E-state index contributed by atoms with van der Waals surface area (Å²) in [4.78, 5) is 27.8. The van der Waals surface area contributed by atoms with Crippen molar-refractivity contribution in [3.05, 3.63) is 74.2 Å². The Morgan fingerprint density at radius 2 is 2.10 bits per heavy atom. The van der Waals surface area contributed by atoms with Gasteiger partial charge in [-0.05, 0) is 60.6 Å². The number of hydrogen-bond donors (Lipinski definition) is 2. The number of H-pyrrole nitrogens is 1. The topological polar surface area (TPSA) is 76.1 Å². The van der Waals surface area contributed by atoms with Gasteiger partial charge in [0.05, 0.1) is 18.0 Å². The minimum Gasteiger partial charge on any atom is -0.496 e. The van der Waals surface area contributed by atoms with Gasteiger partial charge in [-0.15, -0.1) is 0 Å². The normalized spacial score (nSPS) is 22.7. The zero-order valence-electron chi connectivity index (χ0n) is 16.8. The van der Waals surface area contributed by atoms with Crippen molar-refractivity contribution in [2.75, 3.05) is 13.7 Å². The lowest BCUT2D eigenvalue weighted by atomic mass is 9.74. The quantitative estimate of drug-likeness (QED) is 0.694. The van der Waals surface area contributed by atoms with Gasteiger partial charge in [-0.3, -0.25) is 9.36 Å². The number of aromatic amines is 1. The molecule has 156 valence electrons. The third-order valence-corrected chi connectivity index (χ3v) is 6.76. The van der Waals surface area contributed by atoms with Gasteiger partial charge in [0.1, 0.15) is 11.6 Å². The molecule has 1 aliphatic carbocycles. The highest BCUT2D eigenvalue weighted by Crippen LogP contribution is 2.44. The third-order valence-electron chi connectivity index (χ3n) is 6.76. The number of nitrogens with zero attached hydrogens (tertiary/aromatic N) is 1. The van der Waals surface area contributed by atoms with Crippen molar-refractivity contribution in [2.24, 2.45) is 5.92 Å². The predicted octanol–water partition coefficient (Wildman–Crippen LogP) is 2.55. The van der Waals surface area contributed by atoms with E-state index in [1.807, 2.05) is 12.1 Å². The number of benzene rings is 2. The average Bonchev–Trinajstić information content (AvgIpc) is 3.16. The molecule has 0 saturated carbocycles. The summed E-state index contributed by atoms with van der Waals surface area (Å²) in [5, 5.41) is 3.94. The first-order valence-corrected chi connectivity index (χ1v) is 10.4. The maximum atomic E-state index is 13.4. The van der Waals surface area contributed by atoms with Gasteiger partial charge in [0.15, 0.2) is 0 Å². The molecule has 1 fully saturated rings. The van der Waals surface area contributed by atoms with Crippen LogP contribution in [0.2, 0.25) is 0 Å². The Kier molecular flexibility index (Phi) is 4.70. The standard InChI is InChI=1S/C23H24FN3O3/c1-30-21-4-2-3-14-16(21)8-7-15-18(14)12-25-19(15)9-10-27-22(28)17-6-5-13(24)11-20(17)26-23(27)29/h2-6,11,15,18-19,25H,7-10,12H2,1H3,(H,26,29)/t15-,18+,19?/m1/s1. The van der Waals surface area contributed by atoms with E-state index in [0.717, 1.165) is 25.1 Å². The number of methoxy groups -OCH3 is 1. The molecule has 3 aromatic rings. The number of nitrogens with one attached hydrogen (secondary N) is 2. The molecule has 2 heterocycles. The first kappa shape index (κ1) is 19.1. The number of rotatable bonds is 4. The summed E-state index contributed by atoms with van der Waals surface area (Å²) in [6.45, 7) is 1.21. The lowest BCUT2D eigenvalue weighted by Gasteiger charge is -2.31. The minimum atomic E-state index is -0.494. The van der Waals surface area contributed by atoms with Crippen LogP contribution in [-0.2, 0) is 13.0 Å². The molecular weight excluding hydrogens is 385 g/mol. The second-order valence-corrected chi connectivity index (χ2v) is 8.22. The fourth-order valence-electron chi connectivity index (χ4n) is 5.32. The lowest BCUT2D eigenvalue weighted by Crippen LogP contribution is -2.38. The second-order valence-electron chi connectivity index (χ2n) is 8.22. The van der Waals surface area contributed by atoms with Gasteiger partial charge in [0.25, 0.3) is 5.56 Å². The Morgan fingerprint density at radius 1 is 1.23 bits per heavy atom. The fourth-order valence-corrected chi connectivity index (χ4v) is 5.32. The van der Waals surface area contributed by atoms with Crippen LogP contribution in [0.15, 0.2) is 46.0 Å². The van der Waals surface area contributed by atoms with Crippen LogP contribution in [0.1, 0.15) is 29.9 Å². The summed E-state index contributed by atoms with van der Waals surface area (Å²) in [6, 6.07) is 10.3. The number of halogens is 1. The van der Waals surface area contributed by atoms with E-state index in [1.165, 1.54) is 33.9 Å². The van der Waals surface area contributed by atoms with Gasteiger partial charge < -0.3 is 15.0 Å². The van der Waals surface area contributed by atoms with Gasteiger partial charge in [-0.25, -0.2) is 9.18 Å². The van der Waals surface area contributed by atoms with Gasteiger partial charge in [0.2, 0.25) is 0 Å². The van der Waals surface area contributed by atoms with Crippen LogP contribution in [0.25, 0.3) is 10.9 Å². The molecule has 3 atom stereocenters. The number of fused-ring (bicyclic) bond motifs is 4. The molecule has 2 N–H and O–H groups in total. The second kappa shape index (κ2) is 7.40. The Bertz CT molecular complexity index is 1230. The van der Waals surface area contributed by atoms with E-state index in [0.29, 0.717) is 30.2 Å². The van der Waals surface area contributed by atoms with Crippen LogP contribution in [-0.4, -0.2) is 29.2 Å². The predicted molar refractivity (Wildman–Crippen MR) is 113 cm³/mol. The molecule has 1 unspecified atom stereocenters. The first-order valence-electron chi connectivity index (χ1n) is 10.4. The molecule has 6 nitrogen and oxygen atoms in total. The molecule has 5 rings (SSSR count). The molecule has 0 amide bonds. The van der Waals surface area contributed by atoms with E-state index in [-0.39, 0.29) is 17.1 Å². The van der Waals surface area contributed by atoms with Gasteiger partial charge in [-0.2, -0.15) is 0 Å². The zero-order chi connectivity index (χ0) is 20.8. The van der Waals surface area contributed by atoms with E-state index in [4.69, 9.17) is 4.74 Å². The van der Waals surface area contributed by atoms with Crippen LogP contribution in [0.4, 0.5) is 4.39 Å². The molecule has 1 saturated heterocycles. The summed E-state index contributed by atoms with van der Waals surface area (Å²) in [5.74, 6) is 1.36. The zero-order valence-corrected chi connectivity index (χ0v) is 16.8. The molecule has 2 aromatic carbocycles. The van der Waals surface area contributed by atoms with Crippen LogP contribution < -0.4 is 21.3 Å². The molecule has 0 spiro atoms. The van der Waals surface area contributed by atoms with Gasteiger partial charge in [0, 0.05) is 25.0 Å². The SMILES string of the molecule is COc1cccc2c1CC[C@H]1C(CCn3c(=O)[nH]c4cc(F)ccc4c3=O)NC[C@@H]21. The monoisotopic (exact) mass is 409 g/mol. The molecule has 1 aliphatic heterocycles. The average molecular weight is 409 g/mol. The van der Waals surface area contributed by atoms with Crippen molar-refractivity contribution in [1.82, 2.24) is 14.9 Å². The van der Waals surface area contributed by atoms with Crippen molar-refractivity contribution in [3.63, 3.8) is 0 Å². The molecule has 1 aromatic heterocycles.